The molecule has 0 amide bonds. The Morgan fingerprint density at radius 3 is 2.64 bits per heavy atom. The molecule has 1 aromatic carbocycles. The molecule has 28 heavy (non-hydrogen) atoms. The highest BCUT2D eigenvalue weighted by atomic mass is 32.2. The summed E-state index contributed by atoms with van der Waals surface area (Å²) in [6.07, 6.45) is 0. The third-order valence-electron chi connectivity index (χ3n) is 4.47. The van der Waals surface area contributed by atoms with Crippen LogP contribution in [0, 0.1) is 18.3 Å². The fraction of sp³-hybridized carbons (Fsp3) is 0.273. The lowest BCUT2D eigenvalue weighted by molar-refractivity contribution is -0.138. The van der Waals surface area contributed by atoms with Gasteiger partial charge >= 0.3 is 5.97 Å². The molecular formula is C22H22N2O2S2. The van der Waals surface area contributed by atoms with Crippen molar-refractivity contribution in [1.82, 2.24) is 5.32 Å². The number of nitrogens with zero attached hydrogens (tertiary/aromatic N) is 1. The van der Waals surface area contributed by atoms with Gasteiger partial charge in [0.15, 0.2) is 0 Å². The van der Waals surface area contributed by atoms with Crippen LogP contribution in [0.4, 0.5) is 0 Å². The Kier molecular flexibility index (Phi) is 6.61. The van der Waals surface area contributed by atoms with Crippen molar-refractivity contribution in [2.45, 2.75) is 32.4 Å². The number of allylic oxidation sites excluding steroid dienone is 2. The Morgan fingerprint density at radius 2 is 2.04 bits per heavy atom. The Morgan fingerprint density at radius 1 is 1.29 bits per heavy atom. The fourth-order valence-corrected chi connectivity index (χ4v) is 4.98. The van der Waals surface area contributed by atoms with Crippen molar-refractivity contribution < 1.29 is 9.53 Å². The predicted molar refractivity (Wildman–Crippen MR) is 115 cm³/mol. The number of nitriles is 1. The second-order valence-corrected chi connectivity index (χ2v) is 8.43. The number of ether oxygens (including phenoxy) is 1. The highest BCUT2D eigenvalue weighted by Crippen LogP contribution is 2.43. The Hall–Kier alpha value is -2.49. The predicted octanol–water partition coefficient (Wildman–Crippen LogP) is 5.25. The summed E-state index contributed by atoms with van der Waals surface area (Å²) < 4.78 is 5.28. The molecule has 1 atom stereocenters. The molecule has 1 N–H and O–H groups in total. The van der Waals surface area contributed by atoms with Gasteiger partial charge in [0.2, 0.25) is 0 Å². The average Bonchev–Trinajstić information content (AvgIpc) is 3.21. The molecule has 144 valence electrons. The van der Waals surface area contributed by atoms with Crippen LogP contribution in [-0.4, -0.2) is 12.6 Å². The Bertz CT molecular complexity index is 951. The molecule has 1 aliphatic heterocycles. The lowest BCUT2D eigenvalue weighted by Gasteiger charge is -2.28. The van der Waals surface area contributed by atoms with E-state index in [1.165, 1.54) is 11.1 Å². The summed E-state index contributed by atoms with van der Waals surface area (Å²) in [7, 11) is 0. The van der Waals surface area contributed by atoms with E-state index in [9.17, 15) is 10.1 Å². The number of thioether (sulfide) groups is 1. The van der Waals surface area contributed by atoms with Gasteiger partial charge in [-0.05, 0) is 37.8 Å². The van der Waals surface area contributed by atoms with Gasteiger partial charge in [-0.25, -0.2) is 4.79 Å². The van der Waals surface area contributed by atoms with Crippen LogP contribution in [0.25, 0.3) is 0 Å². The van der Waals surface area contributed by atoms with E-state index < -0.39 is 5.92 Å². The number of dihydropyridines is 1. The molecule has 0 aliphatic carbocycles. The van der Waals surface area contributed by atoms with Crippen molar-refractivity contribution in [2.75, 3.05) is 6.61 Å². The second-order valence-electron chi connectivity index (χ2n) is 6.46. The largest absolute Gasteiger partial charge is 0.463 e. The number of thiophene rings is 1. The van der Waals surface area contributed by atoms with E-state index in [2.05, 4.69) is 42.6 Å². The van der Waals surface area contributed by atoms with Gasteiger partial charge in [0, 0.05) is 16.3 Å². The number of rotatable bonds is 6. The molecule has 4 nitrogen and oxygen atoms in total. The summed E-state index contributed by atoms with van der Waals surface area (Å²) in [5.41, 5.74) is 4.22. The van der Waals surface area contributed by atoms with Gasteiger partial charge in [-0.3, -0.25) is 0 Å². The topological polar surface area (TPSA) is 62.1 Å². The van der Waals surface area contributed by atoms with E-state index in [1.807, 2.05) is 24.4 Å². The minimum atomic E-state index is -0.397. The van der Waals surface area contributed by atoms with Gasteiger partial charge in [-0.2, -0.15) is 5.26 Å². The van der Waals surface area contributed by atoms with E-state index in [0.717, 1.165) is 21.4 Å². The molecule has 0 saturated carbocycles. The zero-order valence-corrected chi connectivity index (χ0v) is 17.7. The van der Waals surface area contributed by atoms with Crippen LogP contribution in [-0.2, 0) is 15.3 Å². The number of benzene rings is 1. The third-order valence-corrected chi connectivity index (χ3v) is 6.50. The number of nitrogens with one attached hydrogen (secondary N) is 1. The van der Waals surface area contributed by atoms with E-state index in [1.54, 1.807) is 30.0 Å². The van der Waals surface area contributed by atoms with Crippen molar-refractivity contribution in [3.8, 4) is 6.07 Å². The Labute approximate surface area is 173 Å². The summed E-state index contributed by atoms with van der Waals surface area (Å²) in [5, 5.41) is 16.0. The van der Waals surface area contributed by atoms with Gasteiger partial charge in [0.1, 0.15) is 0 Å². The van der Waals surface area contributed by atoms with Crippen LogP contribution in [0.3, 0.4) is 0 Å². The van der Waals surface area contributed by atoms with Crippen molar-refractivity contribution in [1.29, 1.82) is 5.26 Å². The van der Waals surface area contributed by atoms with Crippen molar-refractivity contribution >= 4 is 29.1 Å². The molecule has 1 unspecified atom stereocenters. The highest BCUT2D eigenvalue weighted by Gasteiger charge is 2.35. The molecule has 0 radical (unpaired) electrons. The van der Waals surface area contributed by atoms with Crippen LogP contribution >= 0.6 is 23.1 Å². The first-order valence-corrected chi connectivity index (χ1v) is 10.9. The first-order chi connectivity index (χ1) is 13.5. The number of carbonyl (C=O) groups is 1. The van der Waals surface area contributed by atoms with Gasteiger partial charge in [-0.1, -0.05) is 35.9 Å². The zero-order chi connectivity index (χ0) is 20.1. The Balaban J connectivity index is 1.95. The monoisotopic (exact) mass is 410 g/mol. The lowest BCUT2D eigenvalue weighted by atomic mass is 9.87. The summed E-state index contributed by atoms with van der Waals surface area (Å²) in [6.45, 7) is 6.02. The summed E-state index contributed by atoms with van der Waals surface area (Å²) in [5.74, 6) is -0.0282. The zero-order valence-electron chi connectivity index (χ0n) is 16.1. The minimum Gasteiger partial charge on any atom is -0.463 e. The summed E-state index contributed by atoms with van der Waals surface area (Å²) in [6, 6.07) is 14.6. The van der Waals surface area contributed by atoms with E-state index in [-0.39, 0.29) is 5.97 Å². The second kappa shape index (κ2) is 9.13. The van der Waals surface area contributed by atoms with Gasteiger partial charge in [-0.15, -0.1) is 23.1 Å². The summed E-state index contributed by atoms with van der Waals surface area (Å²) >= 11 is 3.13. The number of carbonyl (C=O) groups excluding carboxylic acids is 1. The molecule has 0 spiro atoms. The first-order valence-electron chi connectivity index (χ1n) is 9.06. The maximum atomic E-state index is 12.6. The molecule has 2 heterocycles. The quantitative estimate of drug-likeness (QED) is 0.659. The lowest BCUT2D eigenvalue weighted by Crippen LogP contribution is -2.28. The SMILES string of the molecule is CCOC(=O)C1=C(C)NC(SCc2ccc(C)cc2)=C(C#N)C1c1cccs1. The van der Waals surface area contributed by atoms with Crippen LogP contribution in [0.5, 0.6) is 0 Å². The molecule has 0 fully saturated rings. The highest BCUT2D eigenvalue weighted by molar-refractivity contribution is 8.02. The molecule has 1 aliphatic rings. The smallest absolute Gasteiger partial charge is 0.336 e. The van der Waals surface area contributed by atoms with Gasteiger partial charge in [0.05, 0.1) is 34.8 Å². The average molecular weight is 411 g/mol. The standard InChI is InChI=1S/C22H22N2O2S2/c1-4-26-22(25)19-15(3)24-21(28-13-16-9-7-14(2)8-10-16)17(12-23)20(19)18-6-5-11-27-18/h5-11,20,24H,4,13H2,1-3H3. The van der Waals surface area contributed by atoms with E-state index >= 15 is 0 Å². The molecule has 6 heteroatoms. The van der Waals surface area contributed by atoms with Crippen molar-refractivity contribution in [3.63, 3.8) is 0 Å². The van der Waals surface area contributed by atoms with Crippen LogP contribution < -0.4 is 5.32 Å². The molecule has 0 bridgehead atoms. The van der Waals surface area contributed by atoms with Crippen molar-refractivity contribution in [2.24, 2.45) is 0 Å². The van der Waals surface area contributed by atoms with Crippen LogP contribution in [0.15, 0.2) is 63.7 Å². The van der Waals surface area contributed by atoms with Gasteiger partial charge in [0.25, 0.3) is 0 Å². The maximum Gasteiger partial charge on any atom is 0.336 e. The maximum absolute atomic E-state index is 12.6. The fourth-order valence-electron chi connectivity index (χ4n) is 3.09. The van der Waals surface area contributed by atoms with E-state index in [0.29, 0.717) is 17.8 Å². The number of hydrogen-bond donors (Lipinski definition) is 1. The van der Waals surface area contributed by atoms with E-state index in [4.69, 9.17) is 4.74 Å². The minimum absolute atomic E-state index is 0.299. The number of esters is 1. The molecule has 3 rings (SSSR count). The molecule has 0 saturated heterocycles. The van der Waals surface area contributed by atoms with Gasteiger partial charge < -0.3 is 10.1 Å². The number of hydrogen-bond acceptors (Lipinski definition) is 6. The molecule has 2 aromatic rings. The summed E-state index contributed by atoms with van der Waals surface area (Å²) in [4.78, 5) is 13.6. The van der Waals surface area contributed by atoms with Crippen molar-refractivity contribution in [3.05, 3.63) is 79.7 Å². The number of aryl methyl sites for hydroxylation is 1. The molecule has 1 aromatic heterocycles. The van der Waals surface area contributed by atoms with Crippen LogP contribution in [0.1, 0.15) is 35.8 Å². The third kappa shape index (κ3) is 4.32. The van der Waals surface area contributed by atoms with Crippen LogP contribution in [0.2, 0.25) is 0 Å². The molecular weight excluding hydrogens is 388 g/mol. The normalized spacial score (nSPS) is 16.6. The first kappa shape index (κ1) is 20.2.